The molecule has 0 saturated carbocycles. The van der Waals surface area contributed by atoms with E-state index in [9.17, 15) is 14.0 Å². The Morgan fingerprint density at radius 3 is 2.73 bits per heavy atom. The van der Waals surface area contributed by atoms with Crippen LogP contribution in [0.5, 0.6) is 5.75 Å². The van der Waals surface area contributed by atoms with Crippen LogP contribution in [-0.4, -0.2) is 36.4 Å². The average molecular weight is 377 g/mol. The van der Waals surface area contributed by atoms with Gasteiger partial charge in [0.25, 0.3) is 5.91 Å². The van der Waals surface area contributed by atoms with Gasteiger partial charge in [-0.3, -0.25) is 14.5 Å². The highest BCUT2D eigenvalue weighted by Crippen LogP contribution is 2.28. The summed E-state index contributed by atoms with van der Waals surface area (Å²) in [5.41, 5.74) is 1.10. The van der Waals surface area contributed by atoms with Gasteiger partial charge in [0.15, 0.2) is 0 Å². The topological polar surface area (TPSA) is 58.6 Å². The van der Waals surface area contributed by atoms with Gasteiger partial charge < -0.3 is 10.1 Å². The van der Waals surface area contributed by atoms with Crippen LogP contribution in [0.4, 0.5) is 10.1 Å². The fourth-order valence-corrected chi connectivity index (χ4v) is 3.18. The van der Waals surface area contributed by atoms with E-state index in [2.05, 4.69) is 5.32 Å². The lowest BCUT2D eigenvalue weighted by Crippen LogP contribution is -2.36. The van der Waals surface area contributed by atoms with Gasteiger partial charge in [0.2, 0.25) is 5.91 Å². The molecule has 2 aromatic carbocycles. The van der Waals surface area contributed by atoms with Gasteiger partial charge in [-0.2, -0.15) is 0 Å². The van der Waals surface area contributed by atoms with E-state index in [-0.39, 0.29) is 37.0 Å². The summed E-state index contributed by atoms with van der Waals surface area (Å²) in [4.78, 5) is 25.9. The summed E-state index contributed by atoms with van der Waals surface area (Å²) in [6, 6.07) is 10.7. The molecule has 26 heavy (non-hydrogen) atoms. The Hall–Kier alpha value is -2.60. The molecule has 0 spiro atoms. The van der Waals surface area contributed by atoms with Crippen molar-refractivity contribution >= 4 is 29.1 Å². The monoisotopic (exact) mass is 376 g/mol. The van der Waals surface area contributed by atoms with E-state index in [0.717, 1.165) is 0 Å². The van der Waals surface area contributed by atoms with Crippen LogP contribution in [-0.2, 0) is 16.0 Å². The van der Waals surface area contributed by atoms with E-state index in [4.69, 9.17) is 16.3 Å². The maximum absolute atomic E-state index is 13.7. The first kappa shape index (κ1) is 18.2. The number of ether oxygens (including phenoxy) is 1. The van der Waals surface area contributed by atoms with Crippen molar-refractivity contribution in [3.63, 3.8) is 0 Å². The molecule has 0 aromatic heterocycles. The van der Waals surface area contributed by atoms with E-state index < -0.39 is 6.04 Å². The molecular formula is C19H18ClFN2O3. The van der Waals surface area contributed by atoms with Gasteiger partial charge in [0.05, 0.1) is 18.6 Å². The Kier molecular flexibility index (Phi) is 5.42. The Balaban J connectivity index is 1.65. The molecule has 1 N–H and O–H groups in total. The number of methoxy groups -OCH3 is 1. The van der Waals surface area contributed by atoms with Crippen LogP contribution >= 0.6 is 11.6 Å². The highest BCUT2D eigenvalue weighted by Gasteiger charge is 2.38. The number of benzene rings is 2. The number of carbonyl (C=O) groups excluding carboxylic acids is 2. The van der Waals surface area contributed by atoms with Gasteiger partial charge in [0, 0.05) is 12.2 Å². The second-order valence-corrected chi connectivity index (χ2v) is 6.38. The number of halogens is 2. The molecule has 1 aliphatic rings. The molecule has 0 aliphatic carbocycles. The third-order valence-electron chi connectivity index (χ3n) is 4.30. The Labute approximate surface area is 155 Å². The molecule has 0 radical (unpaired) electrons. The Morgan fingerprint density at radius 1 is 1.27 bits per heavy atom. The number of amides is 2. The predicted molar refractivity (Wildman–Crippen MR) is 96.9 cm³/mol. The summed E-state index contributed by atoms with van der Waals surface area (Å²) >= 11 is 6.08. The molecule has 1 saturated heterocycles. The van der Waals surface area contributed by atoms with E-state index in [0.29, 0.717) is 22.0 Å². The minimum atomic E-state index is -0.660. The third kappa shape index (κ3) is 3.80. The van der Waals surface area contributed by atoms with Crippen molar-refractivity contribution in [3.8, 4) is 5.75 Å². The van der Waals surface area contributed by atoms with Crippen LogP contribution in [0.2, 0.25) is 5.02 Å². The first-order chi connectivity index (χ1) is 12.5. The number of carbonyl (C=O) groups is 2. The standard InChI is InChI=1S/C19H18ClFN2O3/c1-26-17-7-6-13(10-14(17)20)22-16-11-18(24)23(19(16)25)9-8-12-4-2-3-5-15(12)21/h2-7,10,16,22H,8-9,11H2,1H3. The fraction of sp³-hybridized carbons (Fsp3) is 0.263. The van der Waals surface area contributed by atoms with Crippen LogP contribution < -0.4 is 10.1 Å². The van der Waals surface area contributed by atoms with Crippen molar-refractivity contribution in [2.45, 2.75) is 18.9 Å². The Bertz CT molecular complexity index is 843. The first-order valence-electron chi connectivity index (χ1n) is 8.17. The zero-order valence-corrected chi connectivity index (χ0v) is 14.9. The summed E-state index contributed by atoms with van der Waals surface area (Å²) < 4.78 is 18.8. The number of nitrogens with one attached hydrogen (secondary N) is 1. The van der Waals surface area contributed by atoms with Crippen molar-refractivity contribution in [1.29, 1.82) is 0 Å². The van der Waals surface area contributed by atoms with Crippen molar-refractivity contribution in [1.82, 2.24) is 4.90 Å². The second kappa shape index (κ2) is 7.74. The fourth-order valence-electron chi connectivity index (χ4n) is 2.92. The minimum Gasteiger partial charge on any atom is -0.495 e. The quantitative estimate of drug-likeness (QED) is 0.786. The van der Waals surface area contributed by atoms with Gasteiger partial charge in [-0.25, -0.2) is 4.39 Å². The Morgan fingerprint density at radius 2 is 2.04 bits per heavy atom. The lowest BCUT2D eigenvalue weighted by atomic mass is 10.1. The van der Waals surface area contributed by atoms with Gasteiger partial charge >= 0.3 is 0 Å². The van der Waals surface area contributed by atoms with E-state index in [1.807, 2.05) is 0 Å². The third-order valence-corrected chi connectivity index (χ3v) is 4.59. The minimum absolute atomic E-state index is 0.0553. The number of hydrogen-bond acceptors (Lipinski definition) is 4. The normalized spacial score (nSPS) is 16.9. The van der Waals surface area contributed by atoms with Crippen molar-refractivity contribution in [2.75, 3.05) is 19.0 Å². The molecule has 136 valence electrons. The van der Waals surface area contributed by atoms with Crippen LogP contribution in [0.25, 0.3) is 0 Å². The summed E-state index contributed by atoms with van der Waals surface area (Å²) in [6.07, 6.45) is 0.338. The largest absolute Gasteiger partial charge is 0.495 e. The number of anilines is 1. The number of nitrogens with zero attached hydrogens (tertiary/aromatic N) is 1. The highest BCUT2D eigenvalue weighted by molar-refractivity contribution is 6.32. The first-order valence-corrected chi connectivity index (χ1v) is 8.55. The smallest absolute Gasteiger partial charge is 0.252 e. The zero-order valence-electron chi connectivity index (χ0n) is 14.2. The van der Waals surface area contributed by atoms with Gasteiger partial charge in [-0.05, 0) is 36.2 Å². The summed E-state index contributed by atoms with van der Waals surface area (Å²) in [5.74, 6) is -0.409. The van der Waals surface area contributed by atoms with Crippen LogP contribution in [0.1, 0.15) is 12.0 Å². The average Bonchev–Trinajstić information content (AvgIpc) is 2.88. The van der Waals surface area contributed by atoms with Crippen molar-refractivity contribution in [2.24, 2.45) is 0 Å². The summed E-state index contributed by atoms with van der Waals surface area (Å²) in [7, 11) is 1.51. The number of imide groups is 1. The van der Waals surface area contributed by atoms with Crippen LogP contribution in [0, 0.1) is 5.82 Å². The van der Waals surface area contributed by atoms with Crippen molar-refractivity contribution in [3.05, 3.63) is 58.9 Å². The molecular weight excluding hydrogens is 359 g/mol. The molecule has 3 rings (SSSR count). The van der Waals surface area contributed by atoms with Gasteiger partial charge in [0.1, 0.15) is 17.6 Å². The lowest BCUT2D eigenvalue weighted by molar-refractivity contribution is -0.138. The molecule has 0 bridgehead atoms. The van der Waals surface area contributed by atoms with Gasteiger partial charge in [-0.1, -0.05) is 29.8 Å². The molecule has 2 amide bonds. The second-order valence-electron chi connectivity index (χ2n) is 5.98. The summed E-state index contributed by atoms with van der Waals surface area (Å²) in [6.45, 7) is 0.153. The number of hydrogen-bond donors (Lipinski definition) is 1. The van der Waals surface area contributed by atoms with E-state index in [1.54, 1.807) is 36.4 Å². The number of rotatable bonds is 6. The molecule has 1 fully saturated rings. The zero-order chi connectivity index (χ0) is 18.7. The maximum Gasteiger partial charge on any atom is 0.252 e. The highest BCUT2D eigenvalue weighted by atomic mass is 35.5. The molecule has 7 heteroatoms. The predicted octanol–water partition coefficient (Wildman–Crippen LogP) is 3.27. The van der Waals surface area contributed by atoms with Crippen molar-refractivity contribution < 1.29 is 18.7 Å². The van der Waals surface area contributed by atoms with E-state index >= 15 is 0 Å². The van der Waals surface area contributed by atoms with Crippen LogP contribution in [0.3, 0.4) is 0 Å². The maximum atomic E-state index is 13.7. The molecule has 1 unspecified atom stereocenters. The lowest BCUT2D eigenvalue weighted by Gasteiger charge is -2.16. The van der Waals surface area contributed by atoms with Crippen LogP contribution in [0.15, 0.2) is 42.5 Å². The number of likely N-dealkylation sites (tertiary alicyclic amines) is 1. The molecule has 1 atom stereocenters. The molecule has 1 heterocycles. The van der Waals surface area contributed by atoms with Gasteiger partial charge in [-0.15, -0.1) is 0 Å². The molecule has 1 aliphatic heterocycles. The SMILES string of the molecule is COc1ccc(NC2CC(=O)N(CCc3ccccc3F)C2=O)cc1Cl. The molecule has 2 aromatic rings. The summed E-state index contributed by atoms with van der Waals surface area (Å²) in [5, 5.41) is 3.43. The molecule has 5 nitrogen and oxygen atoms in total. The van der Waals surface area contributed by atoms with E-state index in [1.165, 1.54) is 18.1 Å².